The second kappa shape index (κ2) is 26.3. The van der Waals surface area contributed by atoms with E-state index in [1.165, 1.54) is 16.8 Å². The normalized spacial score (nSPS) is 17.8. The lowest BCUT2D eigenvalue weighted by atomic mass is 9.92. The summed E-state index contributed by atoms with van der Waals surface area (Å²) in [5.74, 6) is -3.17. The number of rotatable bonds is 20. The SMILES string of the molecule is CCC(C)[C@H](NC(=O)[C@@H](Cc1ccccc1)NC(=O)OCc1ccccc1)C(=O)N1CCCC[C@@H]1C(=O)N1CCCC[C@H]1C(=O)N(C)[C@H](Cc1ccccc1)C(=O)N(C)[C@@H](C)C(=O)OCc1ccccc1. The molecule has 2 heterocycles. The highest BCUT2D eigenvalue weighted by molar-refractivity contribution is 5.97. The van der Waals surface area contributed by atoms with E-state index in [9.17, 15) is 28.8 Å². The first-order valence-electron chi connectivity index (χ1n) is 25.0. The fourth-order valence-electron chi connectivity index (χ4n) is 9.23. The van der Waals surface area contributed by atoms with Crippen LogP contribution in [0.3, 0.4) is 0 Å². The number of nitrogens with zero attached hydrogens (tertiary/aromatic N) is 4. The van der Waals surface area contributed by atoms with Gasteiger partial charge in [-0.15, -0.1) is 0 Å². The molecule has 0 spiro atoms. The molecular weight excluding hydrogens is 901 g/mol. The fraction of sp³-hybridized carbons (Fsp3) is 0.446. The van der Waals surface area contributed by atoms with Crippen molar-refractivity contribution in [1.29, 1.82) is 0 Å². The second-order valence-electron chi connectivity index (χ2n) is 18.8. The molecule has 4 aromatic carbocycles. The minimum absolute atomic E-state index is 0.00138. The van der Waals surface area contributed by atoms with Gasteiger partial charge in [0.05, 0.1) is 0 Å². The van der Waals surface area contributed by atoms with Crippen LogP contribution in [-0.2, 0) is 64.3 Å². The van der Waals surface area contributed by atoms with Gasteiger partial charge in [-0.3, -0.25) is 24.0 Å². The van der Waals surface area contributed by atoms with E-state index in [-0.39, 0.29) is 51.0 Å². The number of likely N-dealkylation sites (tertiary alicyclic amines) is 2. The first-order chi connectivity index (χ1) is 34.3. The summed E-state index contributed by atoms with van der Waals surface area (Å²) in [5.41, 5.74) is 3.18. The maximum absolute atomic E-state index is 15.0. The zero-order valence-electron chi connectivity index (χ0n) is 41.7. The number of amides is 6. The molecule has 0 aromatic heterocycles. The molecule has 2 N–H and O–H groups in total. The number of nitrogens with one attached hydrogen (secondary N) is 2. The topological polar surface area (TPSA) is 175 Å². The highest BCUT2D eigenvalue weighted by Gasteiger charge is 2.45. The summed E-state index contributed by atoms with van der Waals surface area (Å²) < 4.78 is 11.1. The van der Waals surface area contributed by atoms with E-state index >= 15 is 4.79 Å². The summed E-state index contributed by atoms with van der Waals surface area (Å²) in [5, 5.41) is 5.70. The monoisotopic (exact) mass is 971 g/mol. The van der Waals surface area contributed by atoms with Crippen molar-refractivity contribution in [2.45, 2.75) is 128 Å². The van der Waals surface area contributed by atoms with Gasteiger partial charge in [0.25, 0.3) is 0 Å². The smallest absolute Gasteiger partial charge is 0.408 e. The van der Waals surface area contributed by atoms with Crippen molar-refractivity contribution in [2.24, 2.45) is 5.92 Å². The standard InChI is InChI=1S/C56H70N6O9/c1-6-39(2)49(58-50(63)45(35-41-23-11-7-12-24-41)57-56(69)71-38-44-29-17-10-18-30-44)54(67)62-34-22-20-32-47(62)53(66)61-33-21-19-31-46(61)51(64)60(5)48(36-42-25-13-8-14-26-42)52(65)59(4)40(3)55(68)70-37-43-27-15-9-16-28-43/h7-18,23-30,39-40,45-49H,6,19-22,31-38H2,1-5H3,(H,57,69)(H,58,63)/t39?,40-,45+,46-,47+,48+,49-/m0/s1. The summed E-state index contributed by atoms with van der Waals surface area (Å²) in [7, 11) is 3.09. The lowest BCUT2D eigenvalue weighted by molar-refractivity contribution is -0.160. The van der Waals surface area contributed by atoms with Crippen LogP contribution in [0.2, 0.25) is 0 Å². The second-order valence-corrected chi connectivity index (χ2v) is 18.8. The van der Waals surface area contributed by atoms with Gasteiger partial charge in [-0.05, 0) is 73.6 Å². The number of alkyl carbamates (subject to hydrolysis) is 1. The molecule has 71 heavy (non-hydrogen) atoms. The van der Waals surface area contributed by atoms with E-state index in [1.807, 2.05) is 135 Å². The molecule has 15 heteroatoms. The zero-order chi connectivity index (χ0) is 50.9. The number of benzene rings is 4. The van der Waals surface area contributed by atoms with E-state index < -0.39 is 71.9 Å². The number of likely N-dealkylation sites (N-methyl/N-ethyl adjacent to an activating group) is 2. The van der Waals surface area contributed by atoms with Crippen LogP contribution in [0.15, 0.2) is 121 Å². The summed E-state index contributed by atoms with van der Waals surface area (Å²) in [6.45, 7) is 5.97. The number of esters is 1. The summed E-state index contributed by atoms with van der Waals surface area (Å²) >= 11 is 0. The van der Waals surface area contributed by atoms with Gasteiger partial charge in [0.1, 0.15) is 49.5 Å². The molecule has 0 aliphatic carbocycles. The van der Waals surface area contributed by atoms with Gasteiger partial charge in [-0.1, -0.05) is 142 Å². The van der Waals surface area contributed by atoms with Crippen molar-refractivity contribution < 1.29 is 43.0 Å². The fourth-order valence-corrected chi connectivity index (χ4v) is 9.23. The Morgan fingerprint density at radius 1 is 0.606 bits per heavy atom. The Labute approximate surface area is 418 Å². The number of ether oxygens (including phenoxy) is 2. The van der Waals surface area contributed by atoms with Crippen LogP contribution in [0.1, 0.15) is 88.0 Å². The van der Waals surface area contributed by atoms with E-state index in [2.05, 4.69) is 10.6 Å². The third-order valence-corrected chi connectivity index (χ3v) is 13.9. The van der Waals surface area contributed by atoms with Crippen molar-refractivity contribution in [2.75, 3.05) is 27.2 Å². The Morgan fingerprint density at radius 3 is 1.65 bits per heavy atom. The lowest BCUT2D eigenvalue weighted by Crippen LogP contribution is -2.63. The average molecular weight is 971 g/mol. The Kier molecular flexibility index (Phi) is 19.7. The third kappa shape index (κ3) is 14.5. The Bertz CT molecular complexity index is 2390. The van der Waals surface area contributed by atoms with Crippen molar-refractivity contribution in [3.05, 3.63) is 144 Å². The maximum Gasteiger partial charge on any atom is 0.408 e. The molecule has 6 rings (SSSR count). The molecule has 2 aliphatic rings. The number of carbonyl (C=O) groups is 7. The quantitative estimate of drug-likeness (QED) is 0.0941. The van der Waals surface area contributed by atoms with Crippen molar-refractivity contribution in [3.63, 3.8) is 0 Å². The molecule has 2 aliphatic heterocycles. The molecule has 0 saturated carbocycles. The Hall–Kier alpha value is -7.03. The van der Waals surface area contributed by atoms with Crippen molar-refractivity contribution in [1.82, 2.24) is 30.2 Å². The van der Waals surface area contributed by atoms with Gasteiger partial charge >= 0.3 is 12.1 Å². The van der Waals surface area contributed by atoms with Gasteiger partial charge in [-0.2, -0.15) is 0 Å². The van der Waals surface area contributed by atoms with Crippen LogP contribution < -0.4 is 10.6 Å². The first-order valence-corrected chi connectivity index (χ1v) is 25.0. The summed E-state index contributed by atoms with van der Waals surface area (Å²) in [6.07, 6.45) is 3.38. The molecule has 378 valence electrons. The number of piperidine rings is 2. The number of carbonyl (C=O) groups excluding carboxylic acids is 7. The first kappa shape index (κ1) is 53.3. The minimum atomic E-state index is -1.09. The molecule has 4 aromatic rings. The van der Waals surface area contributed by atoms with Crippen LogP contribution in [0, 0.1) is 5.92 Å². The van der Waals surface area contributed by atoms with E-state index in [0.717, 1.165) is 22.3 Å². The largest absolute Gasteiger partial charge is 0.459 e. The number of hydrogen-bond acceptors (Lipinski definition) is 9. The van der Waals surface area contributed by atoms with Crippen LogP contribution in [0.5, 0.6) is 0 Å². The van der Waals surface area contributed by atoms with Gasteiger partial charge in [0.15, 0.2) is 0 Å². The maximum atomic E-state index is 15.0. The van der Waals surface area contributed by atoms with E-state index in [4.69, 9.17) is 9.47 Å². The molecule has 15 nitrogen and oxygen atoms in total. The number of hydrogen-bond donors (Lipinski definition) is 2. The molecule has 1 unspecified atom stereocenters. The Morgan fingerprint density at radius 2 is 1.10 bits per heavy atom. The van der Waals surface area contributed by atoms with Crippen LogP contribution >= 0.6 is 0 Å². The molecule has 7 atom stereocenters. The van der Waals surface area contributed by atoms with E-state index in [1.54, 1.807) is 23.8 Å². The van der Waals surface area contributed by atoms with Crippen LogP contribution in [-0.4, -0.2) is 125 Å². The molecule has 6 amide bonds. The van der Waals surface area contributed by atoms with Crippen LogP contribution in [0.4, 0.5) is 4.79 Å². The highest BCUT2D eigenvalue weighted by atomic mass is 16.5. The third-order valence-electron chi connectivity index (χ3n) is 13.9. The molecule has 2 fully saturated rings. The summed E-state index contributed by atoms with van der Waals surface area (Å²) in [4.78, 5) is 106. The highest BCUT2D eigenvalue weighted by Crippen LogP contribution is 2.28. The lowest BCUT2D eigenvalue weighted by Gasteiger charge is -2.44. The van der Waals surface area contributed by atoms with E-state index in [0.29, 0.717) is 44.9 Å². The van der Waals surface area contributed by atoms with Gasteiger partial charge in [0.2, 0.25) is 29.5 Å². The summed E-state index contributed by atoms with van der Waals surface area (Å²) in [6, 6.07) is 31.0. The van der Waals surface area contributed by atoms with Crippen LogP contribution in [0.25, 0.3) is 0 Å². The molecular formula is C56H70N6O9. The van der Waals surface area contributed by atoms with Crippen molar-refractivity contribution in [3.8, 4) is 0 Å². The average Bonchev–Trinajstić information content (AvgIpc) is 3.41. The molecule has 2 saturated heterocycles. The van der Waals surface area contributed by atoms with Crippen molar-refractivity contribution >= 4 is 41.6 Å². The van der Waals surface area contributed by atoms with Gasteiger partial charge in [-0.25, -0.2) is 9.59 Å². The Balaban J connectivity index is 1.19. The molecule has 0 bridgehead atoms. The minimum Gasteiger partial charge on any atom is -0.459 e. The molecule has 0 radical (unpaired) electrons. The van der Waals surface area contributed by atoms with Gasteiger partial charge in [0, 0.05) is 40.0 Å². The predicted octanol–water partition coefficient (Wildman–Crippen LogP) is 6.48. The predicted molar refractivity (Wildman–Crippen MR) is 269 cm³/mol. The van der Waals surface area contributed by atoms with Gasteiger partial charge < -0.3 is 39.7 Å². The zero-order valence-corrected chi connectivity index (χ0v) is 41.7.